The van der Waals surface area contributed by atoms with Crippen molar-refractivity contribution in [2.45, 2.75) is 19.4 Å². The molecule has 0 saturated carbocycles. The fourth-order valence-corrected chi connectivity index (χ4v) is 2.87. The normalized spacial score (nSPS) is 16.0. The molecule has 0 bridgehead atoms. The van der Waals surface area contributed by atoms with E-state index < -0.39 is 0 Å². The maximum absolute atomic E-state index is 11.4. The summed E-state index contributed by atoms with van der Waals surface area (Å²) in [6.45, 7) is 1.56. The van der Waals surface area contributed by atoms with Gasteiger partial charge in [0.05, 0.1) is 13.2 Å². The van der Waals surface area contributed by atoms with Crippen LogP contribution in [0.1, 0.15) is 24.1 Å². The van der Waals surface area contributed by atoms with Crippen LogP contribution in [0.3, 0.4) is 0 Å². The molecule has 0 aromatic heterocycles. The quantitative estimate of drug-likeness (QED) is 0.908. The van der Waals surface area contributed by atoms with Crippen molar-refractivity contribution in [3.05, 3.63) is 53.6 Å². The van der Waals surface area contributed by atoms with Crippen molar-refractivity contribution >= 4 is 5.91 Å². The van der Waals surface area contributed by atoms with Gasteiger partial charge < -0.3 is 10.1 Å². The van der Waals surface area contributed by atoms with E-state index in [9.17, 15) is 4.79 Å². The first-order chi connectivity index (χ1) is 9.69. The van der Waals surface area contributed by atoms with Gasteiger partial charge in [0, 0.05) is 6.92 Å². The van der Waals surface area contributed by atoms with Gasteiger partial charge in [-0.25, -0.2) is 0 Å². The van der Waals surface area contributed by atoms with E-state index in [1.54, 1.807) is 14.0 Å². The van der Waals surface area contributed by atoms with E-state index in [0.29, 0.717) is 0 Å². The molecular formula is C17H17NO2. The summed E-state index contributed by atoms with van der Waals surface area (Å²) in [6, 6.07) is 14.4. The van der Waals surface area contributed by atoms with Gasteiger partial charge in [-0.15, -0.1) is 0 Å². The Kier molecular flexibility index (Phi) is 3.18. The Morgan fingerprint density at radius 1 is 1.20 bits per heavy atom. The van der Waals surface area contributed by atoms with Crippen LogP contribution >= 0.6 is 0 Å². The van der Waals surface area contributed by atoms with E-state index in [-0.39, 0.29) is 11.9 Å². The number of hydrogen-bond acceptors (Lipinski definition) is 2. The Morgan fingerprint density at radius 3 is 2.75 bits per heavy atom. The molecule has 0 unspecified atom stereocenters. The summed E-state index contributed by atoms with van der Waals surface area (Å²) < 4.78 is 5.31. The second-order valence-corrected chi connectivity index (χ2v) is 5.07. The van der Waals surface area contributed by atoms with Crippen LogP contribution < -0.4 is 10.1 Å². The Hall–Kier alpha value is -2.29. The highest BCUT2D eigenvalue weighted by molar-refractivity contribution is 5.78. The van der Waals surface area contributed by atoms with Gasteiger partial charge in [0.25, 0.3) is 0 Å². The zero-order valence-corrected chi connectivity index (χ0v) is 11.6. The average Bonchev–Trinajstić information content (AvgIpc) is 2.46. The number of rotatable bonds is 2. The summed E-state index contributed by atoms with van der Waals surface area (Å²) in [7, 11) is 1.66. The molecule has 0 radical (unpaired) electrons. The third-order valence-corrected chi connectivity index (χ3v) is 3.74. The summed E-state index contributed by atoms with van der Waals surface area (Å²) >= 11 is 0. The van der Waals surface area contributed by atoms with E-state index in [1.807, 2.05) is 24.3 Å². The molecule has 2 aromatic carbocycles. The Balaban J connectivity index is 2.15. The fourth-order valence-electron chi connectivity index (χ4n) is 2.87. The maximum atomic E-state index is 11.4. The molecule has 1 N–H and O–H groups in total. The van der Waals surface area contributed by atoms with Gasteiger partial charge in [-0.05, 0) is 40.8 Å². The van der Waals surface area contributed by atoms with E-state index >= 15 is 0 Å². The molecule has 0 fully saturated rings. The van der Waals surface area contributed by atoms with Gasteiger partial charge in [-0.1, -0.05) is 30.3 Å². The zero-order valence-electron chi connectivity index (χ0n) is 11.6. The summed E-state index contributed by atoms with van der Waals surface area (Å²) in [6.07, 6.45) is 0.815. The van der Waals surface area contributed by atoms with Crippen molar-refractivity contribution in [3.63, 3.8) is 0 Å². The van der Waals surface area contributed by atoms with Crippen LogP contribution in [0.15, 0.2) is 42.5 Å². The summed E-state index contributed by atoms with van der Waals surface area (Å²) in [5, 5.41) is 3.04. The first kappa shape index (κ1) is 12.7. The smallest absolute Gasteiger partial charge is 0.217 e. The SMILES string of the molecule is COc1ccc2c(c1)[C@@H](NC(C)=O)Cc1ccccc1-2. The molecule has 0 spiro atoms. The maximum Gasteiger partial charge on any atom is 0.217 e. The van der Waals surface area contributed by atoms with Crippen molar-refractivity contribution < 1.29 is 9.53 Å². The summed E-state index contributed by atoms with van der Waals surface area (Å²) in [5.74, 6) is 0.807. The molecule has 1 amide bonds. The zero-order chi connectivity index (χ0) is 14.1. The van der Waals surface area contributed by atoms with Crippen molar-refractivity contribution in [1.29, 1.82) is 0 Å². The van der Waals surface area contributed by atoms with Crippen molar-refractivity contribution in [1.82, 2.24) is 5.32 Å². The molecule has 3 heteroatoms. The van der Waals surface area contributed by atoms with E-state index in [1.165, 1.54) is 16.7 Å². The van der Waals surface area contributed by atoms with E-state index in [2.05, 4.69) is 23.5 Å². The standard InChI is InChI=1S/C17H17NO2/c1-11(19)18-17-9-12-5-3-4-6-14(12)15-8-7-13(20-2)10-16(15)17/h3-8,10,17H,9H2,1-2H3,(H,18,19)/t17-/m0/s1. The minimum absolute atomic E-state index is 0.00694. The Labute approximate surface area is 118 Å². The number of methoxy groups -OCH3 is 1. The molecule has 0 saturated heterocycles. The van der Waals surface area contributed by atoms with E-state index in [0.717, 1.165) is 17.7 Å². The molecule has 1 aliphatic carbocycles. The lowest BCUT2D eigenvalue weighted by molar-refractivity contribution is -0.119. The van der Waals surface area contributed by atoms with Crippen LogP contribution in [0.2, 0.25) is 0 Å². The van der Waals surface area contributed by atoms with Crippen LogP contribution in [0.25, 0.3) is 11.1 Å². The molecule has 1 aliphatic rings. The number of hydrogen-bond donors (Lipinski definition) is 1. The number of carbonyl (C=O) groups excluding carboxylic acids is 1. The highest BCUT2D eigenvalue weighted by Gasteiger charge is 2.25. The number of benzene rings is 2. The molecule has 102 valence electrons. The van der Waals surface area contributed by atoms with Gasteiger partial charge in [-0.2, -0.15) is 0 Å². The number of fused-ring (bicyclic) bond motifs is 3. The van der Waals surface area contributed by atoms with Crippen molar-refractivity contribution in [3.8, 4) is 16.9 Å². The van der Waals surface area contributed by atoms with Gasteiger partial charge >= 0.3 is 0 Å². The number of carbonyl (C=O) groups is 1. The largest absolute Gasteiger partial charge is 0.497 e. The van der Waals surface area contributed by atoms with Gasteiger partial charge in [0.1, 0.15) is 5.75 Å². The first-order valence-electron chi connectivity index (χ1n) is 6.72. The second-order valence-electron chi connectivity index (χ2n) is 5.07. The molecular weight excluding hydrogens is 250 g/mol. The lowest BCUT2D eigenvalue weighted by Gasteiger charge is -2.28. The predicted molar refractivity (Wildman–Crippen MR) is 78.7 cm³/mol. The van der Waals surface area contributed by atoms with Crippen molar-refractivity contribution in [2.75, 3.05) is 7.11 Å². The lowest BCUT2D eigenvalue weighted by atomic mass is 9.82. The van der Waals surface area contributed by atoms with Gasteiger partial charge in [0.15, 0.2) is 0 Å². The summed E-state index contributed by atoms with van der Waals surface area (Å²) in [5.41, 5.74) is 4.81. The van der Waals surface area contributed by atoms with E-state index in [4.69, 9.17) is 4.74 Å². The lowest BCUT2D eigenvalue weighted by Crippen LogP contribution is -2.30. The molecule has 1 atom stereocenters. The highest BCUT2D eigenvalue weighted by atomic mass is 16.5. The molecule has 3 nitrogen and oxygen atoms in total. The van der Waals surface area contributed by atoms with Crippen LogP contribution in [0.4, 0.5) is 0 Å². The first-order valence-corrected chi connectivity index (χ1v) is 6.72. The number of amides is 1. The Bertz CT molecular complexity index is 664. The molecule has 0 aliphatic heterocycles. The van der Waals surface area contributed by atoms with Crippen LogP contribution in [-0.2, 0) is 11.2 Å². The number of ether oxygens (including phenoxy) is 1. The van der Waals surface area contributed by atoms with Crippen molar-refractivity contribution in [2.24, 2.45) is 0 Å². The average molecular weight is 267 g/mol. The molecule has 2 aromatic rings. The molecule has 20 heavy (non-hydrogen) atoms. The predicted octanol–water partition coefficient (Wildman–Crippen LogP) is 3.10. The van der Waals surface area contributed by atoms with Crippen LogP contribution in [0.5, 0.6) is 5.75 Å². The summed E-state index contributed by atoms with van der Waals surface area (Å²) in [4.78, 5) is 11.4. The topological polar surface area (TPSA) is 38.3 Å². The third-order valence-electron chi connectivity index (χ3n) is 3.74. The van der Waals surface area contributed by atoms with Crippen LogP contribution in [0, 0.1) is 0 Å². The van der Waals surface area contributed by atoms with Gasteiger partial charge in [0.2, 0.25) is 5.91 Å². The minimum atomic E-state index is -0.0110. The third kappa shape index (κ3) is 2.16. The Morgan fingerprint density at radius 2 is 2.00 bits per heavy atom. The molecule has 0 heterocycles. The fraction of sp³-hybridized carbons (Fsp3) is 0.235. The highest BCUT2D eigenvalue weighted by Crippen LogP contribution is 2.39. The van der Waals surface area contributed by atoms with Crippen LogP contribution in [-0.4, -0.2) is 13.0 Å². The monoisotopic (exact) mass is 267 g/mol. The molecule has 3 rings (SSSR count). The van der Waals surface area contributed by atoms with Gasteiger partial charge in [-0.3, -0.25) is 4.79 Å². The minimum Gasteiger partial charge on any atom is -0.497 e. The number of nitrogens with one attached hydrogen (secondary N) is 1. The second kappa shape index (κ2) is 5.00.